The van der Waals surface area contributed by atoms with Crippen LogP contribution in [0.15, 0.2) is 35.2 Å². The van der Waals surface area contributed by atoms with Gasteiger partial charge in [-0.2, -0.15) is 0 Å². The van der Waals surface area contributed by atoms with Crippen molar-refractivity contribution < 1.29 is 13.3 Å². The fraction of sp³-hybridized carbons (Fsp3) is 0.538. The van der Waals surface area contributed by atoms with Crippen LogP contribution in [0, 0.1) is 0 Å². The Kier molecular flexibility index (Phi) is 12.6. The van der Waals surface area contributed by atoms with Crippen LogP contribution in [0.4, 0.5) is 0 Å². The van der Waals surface area contributed by atoms with Crippen molar-refractivity contribution >= 4 is 29.3 Å². The second-order valence-electron chi connectivity index (χ2n) is 4.81. The summed E-state index contributed by atoms with van der Waals surface area (Å²) in [6, 6.07) is 1.00. The van der Waals surface area contributed by atoms with Crippen molar-refractivity contribution in [2.45, 2.75) is 40.0 Å². The molecule has 0 heterocycles. The van der Waals surface area contributed by atoms with E-state index in [9.17, 15) is 0 Å². The topological polar surface area (TPSA) is 27.7 Å². The molecular weight excluding hydrogens is 288 g/mol. The van der Waals surface area contributed by atoms with Gasteiger partial charge in [0, 0.05) is 0 Å². The Morgan fingerprint density at radius 2 is 1.58 bits per heavy atom. The highest BCUT2D eigenvalue weighted by Crippen LogP contribution is 1.98. The lowest BCUT2D eigenvalue weighted by molar-refractivity contribution is -0.0217. The Bertz CT molecular complexity index is 274. The first kappa shape index (κ1) is 18.8. The van der Waals surface area contributed by atoms with Crippen molar-refractivity contribution in [2.75, 3.05) is 6.61 Å². The van der Waals surface area contributed by atoms with E-state index in [0.717, 1.165) is 6.04 Å². The van der Waals surface area contributed by atoms with Crippen LogP contribution in [0.3, 0.4) is 0 Å². The van der Waals surface area contributed by atoms with E-state index < -0.39 is 29.3 Å². The Hall–Kier alpha value is -0.249. The summed E-state index contributed by atoms with van der Waals surface area (Å²) >= 11 is 0. The van der Waals surface area contributed by atoms with Crippen molar-refractivity contribution in [1.29, 1.82) is 0 Å². The summed E-state index contributed by atoms with van der Waals surface area (Å²) in [6.45, 7) is 12.7. The normalized spacial score (nSPS) is 13.7. The molecule has 0 aromatic carbocycles. The molecule has 0 fully saturated rings. The van der Waals surface area contributed by atoms with Crippen LogP contribution in [0.2, 0.25) is 6.04 Å². The molecule has 0 atom stereocenters. The third-order valence-electron chi connectivity index (χ3n) is 2.27. The fourth-order valence-corrected chi connectivity index (χ4v) is 3.69. The first-order valence-corrected chi connectivity index (χ1v) is 11.1. The van der Waals surface area contributed by atoms with Gasteiger partial charge in [0.25, 0.3) is 0 Å². The second kappa shape index (κ2) is 12.8. The van der Waals surface area contributed by atoms with Crippen LogP contribution < -0.4 is 0 Å². The number of rotatable bonds is 11. The summed E-state index contributed by atoms with van der Waals surface area (Å²) in [5.74, 6) is 0. The van der Waals surface area contributed by atoms with E-state index in [1.165, 1.54) is 11.1 Å². The molecule has 0 aromatic heterocycles. The molecule has 0 aliphatic rings. The maximum absolute atomic E-state index is 5.83. The largest absolute Gasteiger partial charge is 0.419 e. The summed E-state index contributed by atoms with van der Waals surface area (Å²) in [6.07, 6.45) is 1.75. The van der Waals surface area contributed by atoms with E-state index in [1.54, 1.807) is 0 Å². The average molecular weight is 317 g/mol. The van der Waals surface area contributed by atoms with E-state index >= 15 is 0 Å². The summed E-state index contributed by atoms with van der Waals surface area (Å²) in [7, 11) is -1.77. The van der Waals surface area contributed by atoms with Gasteiger partial charge in [-0.25, -0.2) is 0 Å². The van der Waals surface area contributed by atoms with Crippen LogP contribution in [-0.4, -0.2) is 42.2 Å². The van der Waals surface area contributed by atoms with E-state index in [-0.39, 0.29) is 6.29 Å². The van der Waals surface area contributed by atoms with Gasteiger partial charge in [0.1, 0.15) is 0 Å². The third-order valence-corrected chi connectivity index (χ3v) is 6.53. The Morgan fingerprint density at radius 1 is 1.05 bits per heavy atom. The van der Waals surface area contributed by atoms with Crippen molar-refractivity contribution in [3.05, 3.63) is 35.2 Å². The molecule has 0 spiro atoms. The summed E-state index contributed by atoms with van der Waals surface area (Å²) in [5, 5.41) is 0. The van der Waals surface area contributed by atoms with Crippen molar-refractivity contribution in [2.24, 2.45) is 0 Å². The molecule has 0 aromatic rings. The van der Waals surface area contributed by atoms with Crippen molar-refractivity contribution in [3.8, 4) is 0 Å². The van der Waals surface area contributed by atoms with Gasteiger partial charge in [-0.3, -0.25) is 0 Å². The van der Waals surface area contributed by atoms with Crippen LogP contribution >= 0.6 is 0 Å². The number of hydrogen-bond donors (Lipinski definition) is 0. The van der Waals surface area contributed by atoms with Crippen molar-refractivity contribution in [1.82, 2.24) is 0 Å². The minimum atomic E-state index is -0.641. The quantitative estimate of drug-likeness (QED) is 0.247. The van der Waals surface area contributed by atoms with E-state index in [1.807, 2.05) is 6.08 Å². The Morgan fingerprint density at radius 3 is 2.00 bits per heavy atom. The summed E-state index contributed by atoms with van der Waals surface area (Å²) < 4.78 is 17.3. The average Bonchev–Trinajstić information content (AvgIpc) is 2.33. The lowest BCUT2D eigenvalue weighted by Gasteiger charge is -2.18. The minimum Gasteiger partial charge on any atom is -0.419 e. The molecule has 0 saturated heterocycles. The molecule has 0 rings (SSSR count). The van der Waals surface area contributed by atoms with Crippen molar-refractivity contribution in [3.63, 3.8) is 0 Å². The Balaban J connectivity index is 4.02. The van der Waals surface area contributed by atoms with Gasteiger partial charge in [-0.05, 0) is 33.7 Å². The molecule has 110 valence electrons. The van der Waals surface area contributed by atoms with Gasteiger partial charge in [0.2, 0.25) is 0 Å². The lowest BCUT2D eigenvalue weighted by Crippen LogP contribution is -2.27. The molecule has 19 heavy (non-hydrogen) atoms. The molecule has 0 N–H and O–H groups in total. The van der Waals surface area contributed by atoms with Crippen LogP contribution in [0.1, 0.15) is 27.7 Å². The van der Waals surface area contributed by atoms with Gasteiger partial charge < -0.3 is 13.3 Å². The van der Waals surface area contributed by atoms with Crippen LogP contribution in [0.25, 0.3) is 0 Å². The highest BCUT2D eigenvalue weighted by atomic mass is 28.2. The van der Waals surface area contributed by atoms with Gasteiger partial charge in [-0.1, -0.05) is 28.6 Å². The molecule has 3 nitrogen and oxygen atoms in total. The maximum atomic E-state index is 5.83. The Labute approximate surface area is 124 Å². The molecule has 0 aliphatic heterocycles. The van der Waals surface area contributed by atoms with Crippen LogP contribution in [-0.2, 0) is 13.3 Å². The zero-order valence-corrected chi connectivity index (χ0v) is 17.0. The molecule has 0 bridgehead atoms. The van der Waals surface area contributed by atoms with Crippen LogP contribution in [0.5, 0.6) is 0 Å². The molecule has 0 saturated carbocycles. The first-order chi connectivity index (χ1) is 9.06. The predicted octanol–water partition coefficient (Wildman–Crippen LogP) is 1.07. The zero-order chi connectivity index (χ0) is 14.5. The third kappa shape index (κ3) is 14.0. The standard InChI is InChI=1S/C13H28O3Si3/c1-6-7-17-14-8-13(15-18-9-11(2)3)16-19-10-12(4)5/h6,9-10,13H,1,7-8,17-19H2,2-5H3. The van der Waals surface area contributed by atoms with Gasteiger partial charge in [0.15, 0.2) is 35.6 Å². The highest BCUT2D eigenvalue weighted by molar-refractivity contribution is 6.35. The molecule has 0 aliphatic carbocycles. The zero-order valence-electron chi connectivity index (χ0n) is 12.8. The molecular formula is C13H28O3Si3. The monoisotopic (exact) mass is 316 g/mol. The molecule has 0 unspecified atom stereocenters. The number of hydrogen-bond acceptors (Lipinski definition) is 3. The minimum absolute atomic E-state index is 0.165. The predicted molar refractivity (Wildman–Crippen MR) is 91.4 cm³/mol. The number of allylic oxidation sites excluding steroid dienone is 3. The summed E-state index contributed by atoms with van der Waals surface area (Å²) in [5.41, 5.74) is 7.02. The highest BCUT2D eigenvalue weighted by Gasteiger charge is 2.07. The fourth-order valence-electron chi connectivity index (χ4n) is 1.13. The van der Waals surface area contributed by atoms with Gasteiger partial charge in [0.05, 0.1) is 6.61 Å². The lowest BCUT2D eigenvalue weighted by atomic mass is 10.4. The smallest absolute Gasteiger partial charge is 0.188 e. The SMILES string of the molecule is C=CC[SiH2]OCC(O[SiH2]C=C(C)C)O[SiH2]C=C(C)C. The van der Waals surface area contributed by atoms with E-state index in [4.69, 9.17) is 13.3 Å². The second-order valence-corrected chi connectivity index (χ2v) is 8.36. The van der Waals surface area contributed by atoms with Gasteiger partial charge >= 0.3 is 0 Å². The van der Waals surface area contributed by atoms with E-state index in [2.05, 4.69) is 45.7 Å². The molecule has 6 heteroatoms. The maximum Gasteiger partial charge on any atom is 0.188 e. The van der Waals surface area contributed by atoms with E-state index in [0.29, 0.717) is 6.61 Å². The molecule has 0 radical (unpaired) electrons. The first-order valence-electron chi connectivity index (χ1n) is 6.74. The van der Waals surface area contributed by atoms with Gasteiger partial charge in [-0.15, -0.1) is 6.58 Å². The molecule has 0 amide bonds. The summed E-state index contributed by atoms with van der Waals surface area (Å²) in [4.78, 5) is 0.